The molecule has 6 heteroatoms. The molecule has 0 aliphatic carbocycles. The highest BCUT2D eigenvalue weighted by Crippen LogP contribution is 2.31. The maximum atomic E-state index is 12.0. The van der Waals surface area contributed by atoms with E-state index in [4.69, 9.17) is 4.74 Å². The van der Waals surface area contributed by atoms with Crippen molar-refractivity contribution in [2.45, 2.75) is 25.9 Å². The molecule has 0 aromatic heterocycles. The minimum absolute atomic E-state index is 0.0164. The second-order valence-electron chi connectivity index (χ2n) is 5.24. The van der Waals surface area contributed by atoms with Gasteiger partial charge in [-0.15, -0.1) is 0 Å². The molecule has 1 aromatic rings. The summed E-state index contributed by atoms with van der Waals surface area (Å²) in [5.74, 6) is -0.0164. The average Bonchev–Trinajstić information content (AvgIpc) is 2.78. The number of nitrogens with zero attached hydrogens (tertiary/aromatic N) is 2. The van der Waals surface area contributed by atoms with E-state index in [-0.39, 0.29) is 30.0 Å². The Morgan fingerprint density at radius 1 is 1.40 bits per heavy atom. The van der Waals surface area contributed by atoms with Gasteiger partial charge >= 0.3 is 6.09 Å². The molecule has 1 aromatic carbocycles. The van der Waals surface area contributed by atoms with Gasteiger partial charge in [0.25, 0.3) is 0 Å². The van der Waals surface area contributed by atoms with Gasteiger partial charge in [0.2, 0.25) is 6.54 Å². The molecule has 6 nitrogen and oxygen atoms in total. The van der Waals surface area contributed by atoms with Crippen molar-refractivity contribution >= 4 is 6.09 Å². The number of carbonyl (C=O) groups excluding carboxylic acids is 1. The summed E-state index contributed by atoms with van der Waals surface area (Å²) in [4.78, 5) is 24.0. The Labute approximate surface area is 117 Å². The summed E-state index contributed by atoms with van der Waals surface area (Å²) >= 11 is 0. The zero-order valence-corrected chi connectivity index (χ0v) is 11.6. The number of carbonyl (C=O) groups is 1. The van der Waals surface area contributed by atoms with Gasteiger partial charge in [-0.1, -0.05) is 44.2 Å². The Morgan fingerprint density at radius 2 is 2.05 bits per heavy atom. The molecule has 0 saturated carbocycles. The maximum absolute atomic E-state index is 12.0. The van der Waals surface area contributed by atoms with Crippen molar-refractivity contribution in [3.8, 4) is 0 Å². The second-order valence-corrected chi connectivity index (χ2v) is 5.24. The van der Waals surface area contributed by atoms with Crippen LogP contribution in [0.1, 0.15) is 25.5 Å². The molecule has 1 fully saturated rings. The molecule has 1 aliphatic heterocycles. The fraction of sp³-hybridized carbons (Fsp3) is 0.500. The largest absolute Gasteiger partial charge is 0.447 e. The van der Waals surface area contributed by atoms with Gasteiger partial charge in [-0.2, -0.15) is 0 Å². The zero-order valence-electron chi connectivity index (χ0n) is 11.6. The number of ether oxygens (including phenoxy) is 1. The summed E-state index contributed by atoms with van der Waals surface area (Å²) in [5.41, 5.74) is 0.937. The molecule has 1 heterocycles. The number of hydrogen-bond acceptors (Lipinski definition) is 4. The van der Waals surface area contributed by atoms with Gasteiger partial charge < -0.3 is 4.74 Å². The molecule has 1 aliphatic rings. The molecule has 2 rings (SSSR count). The van der Waals surface area contributed by atoms with Crippen molar-refractivity contribution in [3.05, 3.63) is 46.0 Å². The Balaban J connectivity index is 2.29. The van der Waals surface area contributed by atoms with Crippen LogP contribution in [0, 0.1) is 16.0 Å². The summed E-state index contributed by atoms with van der Waals surface area (Å²) in [6, 6.07) is 8.75. The number of amides is 1. The van der Waals surface area contributed by atoms with Gasteiger partial charge in [-0.3, -0.25) is 15.0 Å². The minimum Gasteiger partial charge on any atom is -0.447 e. The molecular formula is C14H18N2O4. The summed E-state index contributed by atoms with van der Waals surface area (Å²) in [6.07, 6.45) is -0.473. The van der Waals surface area contributed by atoms with Gasteiger partial charge in [0.15, 0.2) is 0 Å². The fourth-order valence-electron chi connectivity index (χ4n) is 2.50. The monoisotopic (exact) mass is 278 g/mol. The second kappa shape index (κ2) is 5.90. The molecule has 108 valence electrons. The van der Waals surface area contributed by atoms with Crippen molar-refractivity contribution in [2.75, 3.05) is 13.2 Å². The van der Waals surface area contributed by atoms with E-state index in [1.54, 1.807) is 0 Å². The van der Waals surface area contributed by atoms with E-state index in [1.165, 1.54) is 4.90 Å². The molecule has 1 saturated heterocycles. The molecular weight excluding hydrogens is 260 g/mol. The molecule has 0 spiro atoms. The summed E-state index contributed by atoms with van der Waals surface area (Å²) in [5, 5.41) is 10.8. The van der Waals surface area contributed by atoms with E-state index >= 15 is 0 Å². The Morgan fingerprint density at radius 3 is 2.60 bits per heavy atom. The first-order valence-corrected chi connectivity index (χ1v) is 6.62. The molecule has 0 radical (unpaired) electrons. The number of nitro groups is 1. The lowest BCUT2D eigenvalue weighted by atomic mass is 9.99. The minimum atomic E-state index is -0.473. The van der Waals surface area contributed by atoms with Crippen molar-refractivity contribution in [2.24, 2.45) is 5.92 Å². The number of benzene rings is 1. The molecule has 0 N–H and O–H groups in total. The van der Waals surface area contributed by atoms with Crippen LogP contribution in [-0.2, 0) is 4.74 Å². The zero-order chi connectivity index (χ0) is 14.7. The highest BCUT2D eigenvalue weighted by Gasteiger charge is 2.42. The summed E-state index contributed by atoms with van der Waals surface area (Å²) < 4.78 is 5.11. The normalized spacial score (nSPS) is 20.1. The first kappa shape index (κ1) is 14.3. The van der Waals surface area contributed by atoms with Crippen LogP contribution >= 0.6 is 0 Å². The third-order valence-electron chi connectivity index (χ3n) is 3.56. The maximum Gasteiger partial charge on any atom is 0.410 e. The van der Waals surface area contributed by atoms with Gasteiger partial charge in [0.05, 0.1) is 6.04 Å². The smallest absolute Gasteiger partial charge is 0.410 e. The topological polar surface area (TPSA) is 72.7 Å². The quantitative estimate of drug-likeness (QED) is 0.612. The van der Waals surface area contributed by atoms with Crippen LogP contribution in [0.25, 0.3) is 0 Å². The van der Waals surface area contributed by atoms with Crippen LogP contribution in [-0.4, -0.2) is 35.1 Å². The lowest BCUT2D eigenvalue weighted by Crippen LogP contribution is -2.45. The molecule has 2 atom stereocenters. The van der Waals surface area contributed by atoms with E-state index < -0.39 is 12.1 Å². The van der Waals surface area contributed by atoms with Gasteiger partial charge in [-0.25, -0.2) is 4.79 Å². The third kappa shape index (κ3) is 2.89. The van der Waals surface area contributed by atoms with E-state index in [2.05, 4.69) is 0 Å². The van der Waals surface area contributed by atoms with E-state index in [9.17, 15) is 14.9 Å². The van der Waals surface area contributed by atoms with Crippen molar-refractivity contribution in [1.82, 2.24) is 4.90 Å². The van der Waals surface area contributed by atoms with E-state index in [1.807, 2.05) is 44.2 Å². The van der Waals surface area contributed by atoms with Crippen LogP contribution in [0.2, 0.25) is 0 Å². The van der Waals surface area contributed by atoms with E-state index in [0.29, 0.717) is 0 Å². The molecule has 0 unspecified atom stereocenters. The standard InChI is InChI=1S/C14H18N2O4/c1-10(2)12(8-15(18)19)16-13(9-20-14(16)17)11-6-4-3-5-7-11/h3-7,10,12-13H,8-9H2,1-2H3/t12-,13-/m1/s1. The number of hydrogen-bond donors (Lipinski definition) is 0. The van der Waals surface area contributed by atoms with Crippen LogP contribution in [0.3, 0.4) is 0 Å². The summed E-state index contributed by atoms with van der Waals surface area (Å²) in [6.45, 7) is 3.73. The first-order chi connectivity index (χ1) is 9.50. The van der Waals surface area contributed by atoms with Crippen LogP contribution in [0.4, 0.5) is 4.79 Å². The highest BCUT2D eigenvalue weighted by atomic mass is 16.6. The van der Waals surface area contributed by atoms with Crippen LogP contribution in [0.15, 0.2) is 30.3 Å². The number of cyclic esters (lactones) is 1. The van der Waals surface area contributed by atoms with Crippen molar-refractivity contribution in [3.63, 3.8) is 0 Å². The van der Waals surface area contributed by atoms with Gasteiger partial charge in [0, 0.05) is 4.92 Å². The lowest BCUT2D eigenvalue weighted by Gasteiger charge is -2.30. The van der Waals surface area contributed by atoms with Crippen molar-refractivity contribution in [1.29, 1.82) is 0 Å². The predicted octanol–water partition coefficient (Wildman–Crippen LogP) is 2.48. The molecule has 0 bridgehead atoms. The fourth-order valence-corrected chi connectivity index (χ4v) is 2.50. The molecule has 20 heavy (non-hydrogen) atoms. The highest BCUT2D eigenvalue weighted by molar-refractivity contribution is 5.71. The Kier molecular flexibility index (Phi) is 4.22. The van der Waals surface area contributed by atoms with Crippen LogP contribution < -0.4 is 0 Å². The number of rotatable bonds is 5. The van der Waals surface area contributed by atoms with Crippen molar-refractivity contribution < 1.29 is 14.5 Å². The summed E-state index contributed by atoms with van der Waals surface area (Å²) in [7, 11) is 0. The van der Waals surface area contributed by atoms with Gasteiger partial charge in [0.1, 0.15) is 12.6 Å². The molecule has 1 amide bonds. The van der Waals surface area contributed by atoms with E-state index in [0.717, 1.165) is 5.56 Å². The van der Waals surface area contributed by atoms with Gasteiger partial charge in [-0.05, 0) is 11.5 Å². The predicted molar refractivity (Wildman–Crippen MR) is 72.9 cm³/mol. The average molecular weight is 278 g/mol. The third-order valence-corrected chi connectivity index (χ3v) is 3.56. The Bertz CT molecular complexity index is 489. The SMILES string of the molecule is CC(C)[C@@H](C[N+](=O)[O-])N1C(=O)OC[C@@H]1c1ccccc1. The van der Waals surface area contributed by atoms with Crippen LogP contribution in [0.5, 0.6) is 0 Å². The Hall–Kier alpha value is -2.11. The lowest BCUT2D eigenvalue weighted by molar-refractivity contribution is -0.487. The first-order valence-electron chi connectivity index (χ1n) is 6.62.